The zero-order valence-electron chi connectivity index (χ0n) is 12.2. The van der Waals surface area contributed by atoms with E-state index in [0.29, 0.717) is 17.1 Å². The lowest BCUT2D eigenvalue weighted by Crippen LogP contribution is -2.24. The lowest BCUT2D eigenvalue weighted by Gasteiger charge is -2.12. The number of hydrogen-bond donors (Lipinski definition) is 2. The molecule has 3 nitrogen and oxygen atoms in total. The number of rotatable bonds is 5. The number of aryl methyl sites for hydroxylation is 1. The maximum absolute atomic E-state index is 12.4. The Morgan fingerprint density at radius 3 is 2.67 bits per heavy atom. The fourth-order valence-electron chi connectivity index (χ4n) is 2.13. The quantitative estimate of drug-likeness (QED) is 0.876. The highest BCUT2D eigenvalue weighted by Crippen LogP contribution is 2.20. The molecule has 0 radical (unpaired) electrons. The summed E-state index contributed by atoms with van der Waals surface area (Å²) in [5.41, 5.74) is 3.63. The highest BCUT2D eigenvalue weighted by Gasteiger charge is 2.12. The molecule has 1 amide bonds. The van der Waals surface area contributed by atoms with Crippen LogP contribution < -0.4 is 10.6 Å². The second-order valence-corrected chi connectivity index (χ2v) is 5.27. The van der Waals surface area contributed by atoms with Crippen LogP contribution in [0, 0.1) is 6.92 Å². The average molecular weight is 303 g/mol. The number of halogens is 1. The summed E-state index contributed by atoms with van der Waals surface area (Å²) in [4.78, 5) is 12.4. The maximum Gasteiger partial charge on any atom is 0.253 e. The summed E-state index contributed by atoms with van der Waals surface area (Å²) in [6, 6.07) is 13.3. The Labute approximate surface area is 130 Å². The molecule has 0 saturated carbocycles. The third-order valence-corrected chi connectivity index (χ3v) is 3.53. The maximum atomic E-state index is 12.4. The van der Waals surface area contributed by atoms with E-state index < -0.39 is 0 Å². The van der Waals surface area contributed by atoms with E-state index in [9.17, 15) is 4.79 Å². The van der Waals surface area contributed by atoms with Crippen LogP contribution in [0.4, 0.5) is 5.69 Å². The summed E-state index contributed by atoms with van der Waals surface area (Å²) in [6.07, 6.45) is 0. The molecule has 0 heterocycles. The predicted molar refractivity (Wildman–Crippen MR) is 88.0 cm³/mol. The molecule has 0 aliphatic carbocycles. The minimum absolute atomic E-state index is 0.128. The van der Waals surface area contributed by atoms with Crippen LogP contribution in [0.1, 0.15) is 28.4 Å². The van der Waals surface area contributed by atoms with Gasteiger partial charge < -0.3 is 10.6 Å². The second-order valence-electron chi connectivity index (χ2n) is 4.83. The Balaban J connectivity index is 2.13. The lowest BCUT2D eigenvalue weighted by molar-refractivity contribution is 0.0951. The van der Waals surface area contributed by atoms with Crippen molar-refractivity contribution in [3.63, 3.8) is 0 Å². The van der Waals surface area contributed by atoms with Crippen LogP contribution in [0.3, 0.4) is 0 Å². The Kier molecular flexibility index (Phi) is 5.23. The molecule has 2 aromatic carbocycles. The predicted octanol–water partition coefficient (Wildman–Crippen LogP) is 4.01. The van der Waals surface area contributed by atoms with Crippen molar-refractivity contribution < 1.29 is 4.79 Å². The van der Waals surface area contributed by atoms with Gasteiger partial charge in [-0.1, -0.05) is 35.9 Å². The van der Waals surface area contributed by atoms with Crippen LogP contribution in [0.5, 0.6) is 0 Å². The van der Waals surface area contributed by atoms with Gasteiger partial charge in [0.15, 0.2) is 0 Å². The smallest absolute Gasteiger partial charge is 0.253 e. The van der Waals surface area contributed by atoms with Gasteiger partial charge in [0.2, 0.25) is 0 Å². The normalized spacial score (nSPS) is 10.2. The van der Waals surface area contributed by atoms with Gasteiger partial charge in [0, 0.05) is 23.8 Å². The number of carbonyl (C=O) groups excluding carboxylic acids is 1. The van der Waals surface area contributed by atoms with E-state index in [1.165, 1.54) is 0 Å². The molecule has 0 saturated heterocycles. The van der Waals surface area contributed by atoms with E-state index in [4.69, 9.17) is 11.6 Å². The third kappa shape index (κ3) is 3.99. The van der Waals surface area contributed by atoms with E-state index in [1.807, 2.05) is 44.2 Å². The molecule has 2 rings (SSSR count). The Hall–Kier alpha value is -2.00. The Morgan fingerprint density at radius 1 is 1.19 bits per heavy atom. The van der Waals surface area contributed by atoms with Crippen molar-refractivity contribution in [2.24, 2.45) is 0 Å². The topological polar surface area (TPSA) is 41.1 Å². The van der Waals surface area contributed by atoms with Crippen LogP contribution in [-0.4, -0.2) is 12.5 Å². The van der Waals surface area contributed by atoms with Gasteiger partial charge in [-0.15, -0.1) is 0 Å². The zero-order valence-corrected chi connectivity index (χ0v) is 13.0. The molecule has 0 aliphatic heterocycles. The van der Waals surface area contributed by atoms with Gasteiger partial charge in [-0.25, -0.2) is 0 Å². The standard InChI is InChI=1S/C17H19ClN2O/c1-3-19-16-9-8-14(18)10-15(16)17(21)20-11-13-7-5-4-6-12(13)2/h4-10,19H,3,11H2,1-2H3,(H,20,21). The van der Waals surface area contributed by atoms with E-state index in [0.717, 1.165) is 23.4 Å². The monoisotopic (exact) mass is 302 g/mol. The zero-order chi connectivity index (χ0) is 15.2. The van der Waals surface area contributed by atoms with Crippen LogP contribution >= 0.6 is 11.6 Å². The Bertz CT molecular complexity index is 640. The summed E-state index contributed by atoms with van der Waals surface area (Å²) in [5.74, 6) is -0.128. The van der Waals surface area contributed by atoms with Crippen molar-refractivity contribution in [2.45, 2.75) is 20.4 Å². The number of hydrogen-bond acceptors (Lipinski definition) is 2. The SMILES string of the molecule is CCNc1ccc(Cl)cc1C(=O)NCc1ccccc1C. The van der Waals surface area contributed by atoms with Crippen LogP contribution in [0.15, 0.2) is 42.5 Å². The van der Waals surface area contributed by atoms with Crippen molar-refractivity contribution in [3.05, 3.63) is 64.2 Å². The Morgan fingerprint density at radius 2 is 1.95 bits per heavy atom. The van der Waals surface area contributed by atoms with Crippen LogP contribution in [0.25, 0.3) is 0 Å². The van der Waals surface area contributed by atoms with Gasteiger partial charge in [-0.2, -0.15) is 0 Å². The first-order valence-electron chi connectivity index (χ1n) is 6.98. The van der Waals surface area contributed by atoms with Gasteiger partial charge in [0.25, 0.3) is 5.91 Å². The highest BCUT2D eigenvalue weighted by atomic mass is 35.5. The summed E-state index contributed by atoms with van der Waals surface area (Å²) in [5, 5.41) is 6.67. The van der Waals surface area contributed by atoms with Crippen LogP contribution in [0.2, 0.25) is 5.02 Å². The van der Waals surface area contributed by atoms with Gasteiger partial charge in [0.05, 0.1) is 5.56 Å². The molecular formula is C17H19ClN2O. The van der Waals surface area contributed by atoms with Gasteiger partial charge in [-0.05, 0) is 43.2 Å². The molecule has 2 aromatic rings. The van der Waals surface area contributed by atoms with E-state index >= 15 is 0 Å². The first kappa shape index (κ1) is 15.4. The number of amides is 1. The molecule has 2 N–H and O–H groups in total. The van der Waals surface area contributed by atoms with E-state index in [2.05, 4.69) is 10.6 Å². The number of anilines is 1. The molecule has 0 atom stereocenters. The van der Waals surface area contributed by atoms with Crippen molar-refractivity contribution in [1.82, 2.24) is 5.32 Å². The molecule has 0 fully saturated rings. The van der Waals surface area contributed by atoms with Gasteiger partial charge in [-0.3, -0.25) is 4.79 Å². The number of benzene rings is 2. The summed E-state index contributed by atoms with van der Waals surface area (Å²) < 4.78 is 0. The summed E-state index contributed by atoms with van der Waals surface area (Å²) in [7, 11) is 0. The minimum Gasteiger partial charge on any atom is -0.385 e. The van der Waals surface area contributed by atoms with Crippen LogP contribution in [-0.2, 0) is 6.54 Å². The minimum atomic E-state index is -0.128. The third-order valence-electron chi connectivity index (χ3n) is 3.29. The van der Waals surface area contributed by atoms with E-state index in [1.54, 1.807) is 12.1 Å². The fraction of sp³-hybridized carbons (Fsp3) is 0.235. The van der Waals surface area contributed by atoms with Gasteiger partial charge >= 0.3 is 0 Å². The molecule has 21 heavy (non-hydrogen) atoms. The molecule has 110 valence electrons. The molecule has 0 spiro atoms. The molecule has 0 aliphatic rings. The number of carbonyl (C=O) groups is 1. The molecular weight excluding hydrogens is 284 g/mol. The highest BCUT2D eigenvalue weighted by molar-refractivity contribution is 6.31. The second kappa shape index (κ2) is 7.14. The first-order chi connectivity index (χ1) is 10.1. The average Bonchev–Trinajstić information content (AvgIpc) is 2.48. The van der Waals surface area contributed by atoms with Crippen molar-refractivity contribution in [3.8, 4) is 0 Å². The fourth-order valence-corrected chi connectivity index (χ4v) is 2.30. The number of nitrogens with one attached hydrogen (secondary N) is 2. The molecule has 0 unspecified atom stereocenters. The summed E-state index contributed by atoms with van der Waals surface area (Å²) >= 11 is 6.00. The molecule has 0 bridgehead atoms. The summed E-state index contributed by atoms with van der Waals surface area (Å²) in [6.45, 7) is 5.28. The van der Waals surface area contributed by atoms with E-state index in [-0.39, 0.29) is 5.91 Å². The molecule has 0 aromatic heterocycles. The largest absolute Gasteiger partial charge is 0.385 e. The van der Waals surface area contributed by atoms with Crippen molar-refractivity contribution >= 4 is 23.2 Å². The van der Waals surface area contributed by atoms with Crippen molar-refractivity contribution in [1.29, 1.82) is 0 Å². The lowest BCUT2D eigenvalue weighted by atomic mass is 10.1. The van der Waals surface area contributed by atoms with Gasteiger partial charge in [0.1, 0.15) is 0 Å². The first-order valence-corrected chi connectivity index (χ1v) is 7.35. The molecule has 4 heteroatoms. The van der Waals surface area contributed by atoms with Crippen molar-refractivity contribution in [2.75, 3.05) is 11.9 Å².